The third-order valence-electron chi connectivity index (χ3n) is 5.33. The van der Waals surface area contributed by atoms with Crippen LogP contribution in [0.1, 0.15) is 16.1 Å². The third kappa shape index (κ3) is 6.82. The van der Waals surface area contributed by atoms with E-state index in [9.17, 15) is 14.0 Å². The van der Waals surface area contributed by atoms with Gasteiger partial charge in [-0.25, -0.2) is 14.4 Å². The smallest absolute Gasteiger partial charge is 0.275 e. The van der Waals surface area contributed by atoms with Crippen molar-refractivity contribution >= 4 is 40.3 Å². The maximum absolute atomic E-state index is 13.5. The average Bonchev–Trinajstić information content (AvgIpc) is 3.39. The van der Waals surface area contributed by atoms with E-state index in [0.29, 0.717) is 46.4 Å². The molecular weight excluding hydrogens is 509 g/mol. The van der Waals surface area contributed by atoms with Crippen molar-refractivity contribution in [1.29, 1.82) is 5.41 Å². The highest BCUT2D eigenvalue weighted by Gasteiger charge is 2.21. The van der Waals surface area contributed by atoms with Crippen LogP contribution in [0.25, 0.3) is 16.1 Å². The third-order valence-corrected chi connectivity index (χ3v) is 6.22. The van der Waals surface area contributed by atoms with Gasteiger partial charge in [-0.15, -0.1) is 11.3 Å². The first-order chi connectivity index (χ1) is 18.3. The van der Waals surface area contributed by atoms with Crippen LogP contribution in [-0.4, -0.2) is 47.3 Å². The van der Waals surface area contributed by atoms with E-state index in [4.69, 9.17) is 21.6 Å². The Morgan fingerprint density at radius 2 is 1.97 bits per heavy atom. The number of primary amides is 1. The summed E-state index contributed by atoms with van der Waals surface area (Å²) in [6.07, 6.45) is 6.59. The molecule has 2 amide bonds. The van der Waals surface area contributed by atoms with Crippen molar-refractivity contribution in [1.82, 2.24) is 15.3 Å². The number of nitrogens with one attached hydrogen (secondary N) is 2. The summed E-state index contributed by atoms with van der Waals surface area (Å²) in [4.78, 5) is 32.3. The highest BCUT2D eigenvalue weighted by molar-refractivity contribution is 7.13. The number of benzene rings is 1. The second-order valence-corrected chi connectivity index (χ2v) is 9.02. The minimum atomic E-state index is -0.545. The monoisotopic (exact) mass is 534 g/mol. The Morgan fingerprint density at radius 3 is 2.71 bits per heavy atom. The zero-order chi connectivity index (χ0) is 27.1. The average molecular weight is 535 g/mol. The number of rotatable bonds is 10. The summed E-state index contributed by atoms with van der Waals surface area (Å²) in [6, 6.07) is 9.24. The van der Waals surface area contributed by atoms with Crippen molar-refractivity contribution in [2.24, 2.45) is 5.73 Å². The van der Waals surface area contributed by atoms with Gasteiger partial charge in [0.2, 0.25) is 5.91 Å². The van der Waals surface area contributed by atoms with Crippen LogP contribution < -0.4 is 22.1 Å². The summed E-state index contributed by atoms with van der Waals surface area (Å²) < 4.78 is 18.7. The molecule has 0 fully saturated rings. The number of carbonyl (C=O) groups excluding carboxylic acids is 2. The normalized spacial score (nSPS) is 14.2. The van der Waals surface area contributed by atoms with Gasteiger partial charge in [-0.1, -0.05) is 12.1 Å². The Morgan fingerprint density at radius 1 is 1.18 bits per heavy atom. The van der Waals surface area contributed by atoms with E-state index < -0.39 is 17.6 Å². The summed E-state index contributed by atoms with van der Waals surface area (Å²) >= 11 is 1.30. The molecule has 12 heteroatoms. The molecule has 1 aromatic carbocycles. The van der Waals surface area contributed by atoms with E-state index in [1.165, 1.54) is 23.5 Å². The number of aromatic nitrogens is 2. The number of allylic oxidation sites excluding steroid dienone is 4. The quantitative estimate of drug-likeness (QED) is 0.247. The fourth-order valence-corrected chi connectivity index (χ4v) is 4.34. The van der Waals surface area contributed by atoms with E-state index in [2.05, 4.69) is 15.3 Å². The maximum Gasteiger partial charge on any atom is 0.275 e. The van der Waals surface area contributed by atoms with Crippen LogP contribution in [0.3, 0.4) is 0 Å². The zero-order valence-electron chi connectivity index (χ0n) is 20.1. The molecule has 2 heterocycles. The first-order valence-electron chi connectivity index (χ1n) is 11.5. The topological polar surface area (TPSA) is 174 Å². The molecule has 3 aromatic rings. The van der Waals surface area contributed by atoms with Gasteiger partial charge in [0.1, 0.15) is 41.7 Å². The van der Waals surface area contributed by atoms with Crippen LogP contribution in [0.4, 0.5) is 10.2 Å². The van der Waals surface area contributed by atoms with E-state index in [1.807, 2.05) is 0 Å². The highest BCUT2D eigenvalue weighted by Crippen LogP contribution is 2.29. The molecule has 2 aromatic heterocycles. The number of amides is 2. The standard InChI is InChI=1S/C26H24FN7O3S/c27-18-3-1-15(2-4-18)19-11-20(28)17(12-31-7-8-37-13-24(30)35)9-21(19)33-25(36)22-14-38-26(34-22)16-5-6-32-23(29)10-16/h1-6,9-12,14,28,31H,7-8,13H2,(H2,29,32)(H2,30,35)(H,33,36)/p+1/b17-12-,28-20?. The van der Waals surface area contributed by atoms with Gasteiger partial charge in [-0.3, -0.25) is 9.59 Å². The molecule has 10 nitrogen and oxygen atoms in total. The van der Waals surface area contributed by atoms with Crippen LogP contribution in [0.15, 0.2) is 77.6 Å². The molecule has 0 atom stereocenters. The Kier molecular flexibility index (Phi) is 8.48. The van der Waals surface area contributed by atoms with Crippen LogP contribution in [0, 0.1) is 11.2 Å². The number of carbonyl (C=O) groups is 2. The van der Waals surface area contributed by atoms with Crippen molar-refractivity contribution in [2.45, 2.75) is 0 Å². The molecular formula is C26H25FN7O3S+. The van der Waals surface area contributed by atoms with Gasteiger partial charge >= 0.3 is 0 Å². The Bertz CT molecular complexity index is 1460. The van der Waals surface area contributed by atoms with Crippen molar-refractivity contribution in [3.05, 3.63) is 94.7 Å². The second-order valence-electron chi connectivity index (χ2n) is 8.16. The molecule has 0 unspecified atom stereocenters. The van der Waals surface area contributed by atoms with Gasteiger partial charge in [0, 0.05) is 28.4 Å². The number of ether oxygens (including phenoxy) is 1. The fourth-order valence-electron chi connectivity index (χ4n) is 3.54. The van der Waals surface area contributed by atoms with E-state index in [-0.39, 0.29) is 18.0 Å². The van der Waals surface area contributed by atoms with Crippen molar-refractivity contribution < 1.29 is 24.0 Å². The molecule has 194 valence electrons. The number of anilines is 1. The Labute approximate surface area is 221 Å². The minimum absolute atomic E-state index is 0.160. The molecule has 0 saturated carbocycles. The number of nitrogens with zero attached hydrogens (tertiary/aromatic N) is 2. The van der Waals surface area contributed by atoms with Crippen LogP contribution in [-0.2, 0) is 9.53 Å². The summed E-state index contributed by atoms with van der Waals surface area (Å²) in [6.45, 7) is 0.627. The predicted molar refractivity (Wildman–Crippen MR) is 142 cm³/mol. The summed E-state index contributed by atoms with van der Waals surface area (Å²) in [5, 5.41) is 15.4. The van der Waals surface area contributed by atoms with Crippen LogP contribution in [0.5, 0.6) is 0 Å². The lowest BCUT2D eigenvalue weighted by Gasteiger charge is -2.19. The maximum atomic E-state index is 13.5. The molecule has 0 aliphatic heterocycles. The number of quaternary nitrogens is 1. The number of halogens is 1. The lowest BCUT2D eigenvalue weighted by Crippen LogP contribution is -2.79. The Hall–Kier alpha value is -4.52. The van der Waals surface area contributed by atoms with Gasteiger partial charge in [0.15, 0.2) is 0 Å². The van der Waals surface area contributed by atoms with Gasteiger partial charge in [0.05, 0.1) is 17.9 Å². The van der Waals surface area contributed by atoms with Gasteiger partial charge in [-0.05, 0) is 42.0 Å². The van der Waals surface area contributed by atoms with Gasteiger partial charge < -0.3 is 32.2 Å². The molecule has 1 aliphatic rings. The summed E-state index contributed by atoms with van der Waals surface area (Å²) in [5.41, 5.74) is 14.2. The van der Waals surface area contributed by atoms with Crippen molar-refractivity contribution in [3.8, 4) is 10.6 Å². The number of pyridine rings is 1. The first kappa shape index (κ1) is 26.5. The molecule has 0 bridgehead atoms. The molecule has 0 spiro atoms. The van der Waals surface area contributed by atoms with E-state index in [1.54, 1.807) is 59.5 Å². The van der Waals surface area contributed by atoms with Crippen molar-refractivity contribution in [2.75, 3.05) is 25.5 Å². The van der Waals surface area contributed by atoms with Gasteiger partial charge in [0.25, 0.3) is 5.91 Å². The SMILES string of the molecule is N=C1C=C(c2ccc(F)cc2)C(NC(=O)c2csc(-c3ccnc(N)c3)n2)=C/C1=C/[NH2+]CCOCC(N)=O. The molecule has 4 rings (SSSR count). The second kappa shape index (κ2) is 12.1. The summed E-state index contributed by atoms with van der Waals surface area (Å²) in [7, 11) is 0. The van der Waals surface area contributed by atoms with Crippen LogP contribution in [0.2, 0.25) is 0 Å². The number of nitrogens with two attached hydrogens (primary N) is 3. The highest BCUT2D eigenvalue weighted by atomic mass is 32.1. The number of thiazole rings is 1. The molecule has 38 heavy (non-hydrogen) atoms. The lowest BCUT2D eigenvalue weighted by atomic mass is 9.92. The molecule has 1 aliphatic carbocycles. The lowest BCUT2D eigenvalue weighted by molar-refractivity contribution is -0.590. The van der Waals surface area contributed by atoms with E-state index >= 15 is 0 Å². The Balaban J connectivity index is 1.55. The minimum Gasteiger partial charge on any atom is -0.384 e. The first-order valence-corrected chi connectivity index (χ1v) is 12.3. The van der Waals surface area contributed by atoms with Gasteiger partial charge in [-0.2, -0.15) is 0 Å². The number of hydrogen-bond donors (Lipinski definition) is 5. The largest absolute Gasteiger partial charge is 0.384 e. The van der Waals surface area contributed by atoms with E-state index in [0.717, 1.165) is 5.56 Å². The molecule has 0 saturated heterocycles. The fraction of sp³-hybridized carbons (Fsp3) is 0.115. The molecule has 0 radical (unpaired) electrons. The van der Waals surface area contributed by atoms with Crippen molar-refractivity contribution in [3.63, 3.8) is 0 Å². The predicted octanol–water partition coefficient (Wildman–Crippen LogP) is 1.61. The summed E-state index contributed by atoms with van der Waals surface area (Å²) in [5.74, 6) is -1.03. The number of hydrogen-bond acceptors (Lipinski definition) is 8. The zero-order valence-corrected chi connectivity index (χ0v) is 20.9. The van der Waals surface area contributed by atoms with Crippen LogP contribution >= 0.6 is 11.3 Å². The molecule has 8 N–H and O–H groups in total. The number of nitrogen functional groups attached to an aromatic ring is 1.